The average molecular weight is 804 g/mol. The Hall–Kier alpha value is -8.47. The summed E-state index contributed by atoms with van der Waals surface area (Å²) in [4.78, 5) is 15.9. The Morgan fingerprint density at radius 3 is 1.40 bits per heavy atom. The van der Waals surface area contributed by atoms with Crippen molar-refractivity contribution in [1.29, 1.82) is 0 Å². The lowest BCUT2D eigenvalue weighted by Gasteiger charge is -2.19. The Morgan fingerprint density at radius 2 is 0.794 bits per heavy atom. The Balaban J connectivity index is 1.08. The quantitative estimate of drug-likeness (QED) is 0.134. The van der Waals surface area contributed by atoms with E-state index in [1.54, 1.807) is 6.07 Å². The first kappa shape index (κ1) is 36.4. The van der Waals surface area contributed by atoms with Gasteiger partial charge in [-0.1, -0.05) is 182 Å². The summed E-state index contributed by atoms with van der Waals surface area (Å²) in [6.07, 6.45) is 2.00. The van der Waals surface area contributed by atoms with E-state index in [1.807, 2.05) is 48.7 Å². The molecule has 0 aliphatic rings. The molecule has 0 saturated heterocycles. The molecule has 12 rings (SSSR count). The maximum atomic E-state index is 11.1. The van der Waals surface area contributed by atoms with Gasteiger partial charge in [-0.25, -0.2) is 9.97 Å². The highest BCUT2D eigenvalue weighted by Gasteiger charge is 2.21. The van der Waals surface area contributed by atoms with Crippen LogP contribution in [0.5, 0.6) is 5.75 Å². The molecule has 4 nitrogen and oxygen atoms in total. The number of hydrogen-bond donors (Lipinski definition) is 1. The summed E-state index contributed by atoms with van der Waals surface area (Å²) in [5.41, 5.74) is 13.2. The van der Waals surface area contributed by atoms with Crippen molar-refractivity contribution in [3.05, 3.63) is 219 Å². The standard InChI is InChI=1S/C59H37N3O/c63-55-29-14-13-27-49(55)53-34-50(38-16-3-1-4-17-38)47-31-32-48-51(39-18-5-2-6-19-39)35-54(62-59(48)58(47)61-53)52-33-30-40(36-60-52)56-43-23-9-11-25-45(43)57(46-26-12-10-24-44(46)56)42-28-15-21-37-20-7-8-22-41(37)42/h1-36,63H. The van der Waals surface area contributed by atoms with E-state index < -0.39 is 0 Å². The van der Waals surface area contributed by atoms with Crippen LogP contribution in [0.15, 0.2) is 219 Å². The number of rotatable bonds is 6. The summed E-state index contributed by atoms with van der Waals surface area (Å²) >= 11 is 0. The summed E-state index contributed by atoms with van der Waals surface area (Å²) in [6, 6.07) is 73.8. The van der Waals surface area contributed by atoms with Crippen LogP contribution in [0.2, 0.25) is 0 Å². The predicted octanol–water partition coefficient (Wildman–Crippen LogP) is 15.3. The van der Waals surface area contributed by atoms with E-state index in [1.165, 1.54) is 43.4 Å². The van der Waals surface area contributed by atoms with Crippen molar-refractivity contribution in [2.75, 3.05) is 0 Å². The van der Waals surface area contributed by atoms with Gasteiger partial charge in [-0.2, -0.15) is 0 Å². The number of para-hydroxylation sites is 1. The summed E-state index contributed by atoms with van der Waals surface area (Å²) in [7, 11) is 0. The zero-order valence-electron chi connectivity index (χ0n) is 34.1. The summed E-state index contributed by atoms with van der Waals surface area (Å²) in [6.45, 7) is 0. The van der Waals surface area contributed by atoms with Crippen LogP contribution in [0.25, 0.3) is 121 Å². The van der Waals surface area contributed by atoms with E-state index in [0.717, 1.165) is 66.6 Å². The predicted molar refractivity (Wildman–Crippen MR) is 262 cm³/mol. The first-order valence-electron chi connectivity index (χ1n) is 21.2. The summed E-state index contributed by atoms with van der Waals surface area (Å²) in [5.74, 6) is 0.176. The molecule has 4 heteroatoms. The van der Waals surface area contributed by atoms with Gasteiger partial charge in [0.25, 0.3) is 0 Å². The normalized spacial score (nSPS) is 11.6. The highest BCUT2D eigenvalue weighted by Crippen LogP contribution is 2.46. The van der Waals surface area contributed by atoms with Gasteiger partial charge in [-0.15, -0.1) is 0 Å². The molecule has 0 unspecified atom stereocenters. The van der Waals surface area contributed by atoms with Crippen LogP contribution in [-0.4, -0.2) is 20.1 Å². The van der Waals surface area contributed by atoms with Crippen LogP contribution in [0, 0.1) is 0 Å². The number of hydrogen-bond acceptors (Lipinski definition) is 4. The Bertz CT molecular complexity index is 3670. The van der Waals surface area contributed by atoms with Gasteiger partial charge in [-0.05, 0) is 102 Å². The Labute approximate surface area is 364 Å². The first-order chi connectivity index (χ1) is 31.2. The number of nitrogens with zero attached hydrogens (tertiary/aromatic N) is 3. The molecule has 3 aromatic heterocycles. The fraction of sp³-hybridized carbons (Fsp3) is 0. The van der Waals surface area contributed by atoms with E-state index in [2.05, 4.69) is 164 Å². The lowest BCUT2D eigenvalue weighted by atomic mass is 9.85. The number of pyridine rings is 3. The minimum Gasteiger partial charge on any atom is -0.507 e. The molecule has 0 aliphatic carbocycles. The van der Waals surface area contributed by atoms with E-state index in [0.29, 0.717) is 11.3 Å². The molecular formula is C59H37N3O. The van der Waals surface area contributed by atoms with Gasteiger partial charge in [0.2, 0.25) is 0 Å². The van der Waals surface area contributed by atoms with Crippen molar-refractivity contribution in [3.8, 4) is 72.9 Å². The van der Waals surface area contributed by atoms with Crippen molar-refractivity contribution in [1.82, 2.24) is 15.0 Å². The van der Waals surface area contributed by atoms with Crippen LogP contribution < -0.4 is 0 Å². The summed E-state index contributed by atoms with van der Waals surface area (Å²) in [5, 5.41) is 20.2. The molecule has 0 atom stereocenters. The van der Waals surface area contributed by atoms with Gasteiger partial charge >= 0.3 is 0 Å². The van der Waals surface area contributed by atoms with E-state index in [9.17, 15) is 5.11 Å². The molecule has 294 valence electrons. The Kier molecular flexibility index (Phi) is 8.61. The zero-order valence-corrected chi connectivity index (χ0v) is 34.1. The van der Waals surface area contributed by atoms with Crippen molar-refractivity contribution < 1.29 is 5.11 Å². The lowest BCUT2D eigenvalue weighted by Crippen LogP contribution is -1.97. The van der Waals surface area contributed by atoms with Gasteiger partial charge in [0.1, 0.15) is 5.75 Å². The fourth-order valence-electron chi connectivity index (χ4n) is 9.51. The number of phenols is 1. The number of phenolic OH excluding ortho intramolecular Hbond substituents is 1. The molecule has 12 aromatic rings. The van der Waals surface area contributed by atoms with Crippen LogP contribution >= 0.6 is 0 Å². The molecule has 0 fully saturated rings. The third-order valence-electron chi connectivity index (χ3n) is 12.4. The SMILES string of the molecule is Oc1ccccc1-c1cc(-c2ccccc2)c2ccc3c(-c4ccccc4)cc(-c4ccc(-c5c6ccccc6c(-c6cccc7ccccc67)c6ccccc56)cn4)nc3c2n1. The molecule has 0 aliphatic heterocycles. The molecular weight excluding hydrogens is 767 g/mol. The molecule has 63 heavy (non-hydrogen) atoms. The lowest BCUT2D eigenvalue weighted by molar-refractivity contribution is 0.477. The third-order valence-corrected chi connectivity index (χ3v) is 12.4. The van der Waals surface area contributed by atoms with Crippen molar-refractivity contribution in [2.24, 2.45) is 0 Å². The van der Waals surface area contributed by atoms with Gasteiger partial charge in [0, 0.05) is 28.1 Å². The van der Waals surface area contributed by atoms with E-state index >= 15 is 0 Å². The molecule has 1 N–H and O–H groups in total. The second kappa shape index (κ2) is 14.9. The van der Waals surface area contributed by atoms with Crippen LogP contribution in [0.3, 0.4) is 0 Å². The highest BCUT2D eigenvalue weighted by atomic mass is 16.3. The number of aromatic nitrogens is 3. The molecule has 3 heterocycles. The van der Waals surface area contributed by atoms with Crippen molar-refractivity contribution in [2.45, 2.75) is 0 Å². The minimum absolute atomic E-state index is 0.176. The van der Waals surface area contributed by atoms with Gasteiger partial charge in [0.15, 0.2) is 0 Å². The topological polar surface area (TPSA) is 58.9 Å². The third kappa shape index (κ3) is 6.11. The van der Waals surface area contributed by atoms with Crippen LogP contribution in [0.1, 0.15) is 0 Å². The molecule has 0 saturated carbocycles. The van der Waals surface area contributed by atoms with E-state index in [4.69, 9.17) is 15.0 Å². The maximum Gasteiger partial charge on any atom is 0.124 e. The Morgan fingerprint density at radius 1 is 0.302 bits per heavy atom. The molecule has 0 spiro atoms. The molecule has 0 amide bonds. The van der Waals surface area contributed by atoms with Crippen LogP contribution in [-0.2, 0) is 0 Å². The number of fused-ring (bicyclic) bond motifs is 6. The van der Waals surface area contributed by atoms with Crippen LogP contribution in [0.4, 0.5) is 0 Å². The number of benzene rings is 9. The fourth-order valence-corrected chi connectivity index (χ4v) is 9.51. The maximum absolute atomic E-state index is 11.1. The minimum atomic E-state index is 0.176. The second-order valence-corrected chi connectivity index (χ2v) is 16.0. The molecule has 9 aromatic carbocycles. The van der Waals surface area contributed by atoms with Crippen molar-refractivity contribution >= 4 is 54.1 Å². The van der Waals surface area contributed by atoms with Gasteiger partial charge in [0.05, 0.1) is 28.1 Å². The second-order valence-electron chi connectivity index (χ2n) is 16.0. The smallest absolute Gasteiger partial charge is 0.124 e. The zero-order chi connectivity index (χ0) is 41.9. The first-order valence-corrected chi connectivity index (χ1v) is 21.2. The molecule has 0 bridgehead atoms. The highest BCUT2D eigenvalue weighted by molar-refractivity contribution is 6.23. The summed E-state index contributed by atoms with van der Waals surface area (Å²) < 4.78 is 0. The van der Waals surface area contributed by atoms with Crippen molar-refractivity contribution in [3.63, 3.8) is 0 Å². The van der Waals surface area contributed by atoms with E-state index in [-0.39, 0.29) is 5.75 Å². The van der Waals surface area contributed by atoms with Gasteiger partial charge < -0.3 is 5.11 Å². The molecule has 0 radical (unpaired) electrons. The monoisotopic (exact) mass is 803 g/mol. The average Bonchev–Trinajstić information content (AvgIpc) is 3.35. The largest absolute Gasteiger partial charge is 0.507 e. The van der Waals surface area contributed by atoms with Gasteiger partial charge in [-0.3, -0.25) is 4.98 Å². The number of aromatic hydroxyl groups is 1.